The lowest BCUT2D eigenvalue weighted by Crippen LogP contribution is -2.47. The van der Waals surface area contributed by atoms with Crippen molar-refractivity contribution in [2.75, 3.05) is 13.1 Å². The smallest absolute Gasteiger partial charge is 0.223 e. The summed E-state index contributed by atoms with van der Waals surface area (Å²) >= 11 is 0. The minimum absolute atomic E-state index is 0. The number of hydrogen-bond acceptors (Lipinski definition) is 2. The second-order valence-corrected chi connectivity index (χ2v) is 4.89. The molecule has 94 valence electrons. The van der Waals surface area contributed by atoms with E-state index in [9.17, 15) is 4.79 Å². The Morgan fingerprint density at radius 2 is 1.81 bits per heavy atom. The fourth-order valence-corrected chi connectivity index (χ4v) is 2.66. The molecule has 2 N–H and O–H groups in total. The lowest BCUT2D eigenvalue weighted by molar-refractivity contribution is -0.126. The van der Waals surface area contributed by atoms with E-state index in [4.69, 9.17) is 0 Å². The van der Waals surface area contributed by atoms with Crippen molar-refractivity contribution in [2.45, 2.75) is 51.0 Å². The average molecular weight is 247 g/mol. The third-order valence-electron chi connectivity index (χ3n) is 3.62. The predicted molar refractivity (Wildman–Crippen MR) is 67.9 cm³/mol. The molecule has 16 heavy (non-hydrogen) atoms. The van der Waals surface area contributed by atoms with Crippen molar-refractivity contribution in [1.82, 2.24) is 10.6 Å². The van der Waals surface area contributed by atoms with Crippen LogP contribution in [-0.4, -0.2) is 25.0 Å². The summed E-state index contributed by atoms with van der Waals surface area (Å²) in [5.74, 6) is 0.615. The molecule has 0 bridgehead atoms. The summed E-state index contributed by atoms with van der Waals surface area (Å²) in [7, 11) is 0. The van der Waals surface area contributed by atoms with Crippen LogP contribution < -0.4 is 10.6 Å². The van der Waals surface area contributed by atoms with Crippen LogP contribution >= 0.6 is 12.4 Å². The van der Waals surface area contributed by atoms with Gasteiger partial charge < -0.3 is 10.6 Å². The summed E-state index contributed by atoms with van der Waals surface area (Å²) in [5, 5.41) is 6.52. The van der Waals surface area contributed by atoms with Gasteiger partial charge in [0.05, 0.1) is 0 Å². The molecule has 1 heterocycles. The van der Waals surface area contributed by atoms with Gasteiger partial charge in [0, 0.05) is 18.5 Å². The van der Waals surface area contributed by atoms with Gasteiger partial charge in [0.1, 0.15) is 0 Å². The van der Waals surface area contributed by atoms with Gasteiger partial charge in [0.25, 0.3) is 0 Å². The van der Waals surface area contributed by atoms with Gasteiger partial charge in [0.15, 0.2) is 0 Å². The minimum Gasteiger partial charge on any atom is -0.352 e. The third kappa shape index (κ3) is 3.95. The molecule has 1 amide bonds. The SMILES string of the molecule is Cl.O=C(NC1CCCNC1)C1CCCCC1. The van der Waals surface area contributed by atoms with E-state index in [1.807, 2.05) is 0 Å². The summed E-state index contributed by atoms with van der Waals surface area (Å²) in [4.78, 5) is 11.9. The standard InChI is InChI=1S/C12H22N2O.ClH/c15-12(10-5-2-1-3-6-10)14-11-7-4-8-13-9-11;/h10-11,13H,1-9H2,(H,14,15);1H. The predicted octanol–water partition coefficient (Wildman–Crippen LogP) is 1.86. The van der Waals surface area contributed by atoms with Gasteiger partial charge >= 0.3 is 0 Å². The molecule has 2 fully saturated rings. The molecule has 1 saturated carbocycles. The van der Waals surface area contributed by atoms with Crippen molar-refractivity contribution >= 4 is 18.3 Å². The Morgan fingerprint density at radius 3 is 2.44 bits per heavy atom. The second kappa shape index (κ2) is 7.13. The van der Waals surface area contributed by atoms with Gasteiger partial charge in [-0.15, -0.1) is 12.4 Å². The van der Waals surface area contributed by atoms with Crippen LogP contribution in [0, 0.1) is 5.92 Å². The van der Waals surface area contributed by atoms with Crippen LogP contribution in [0.15, 0.2) is 0 Å². The van der Waals surface area contributed by atoms with Gasteiger partial charge in [-0.1, -0.05) is 19.3 Å². The number of rotatable bonds is 2. The zero-order chi connectivity index (χ0) is 10.5. The van der Waals surface area contributed by atoms with Gasteiger partial charge in [0.2, 0.25) is 5.91 Å². The molecule has 1 aliphatic heterocycles. The van der Waals surface area contributed by atoms with E-state index < -0.39 is 0 Å². The Labute approximate surface area is 104 Å². The number of piperidine rings is 1. The molecular weight excluding hydrogens is 224 g/mol. The Morgan fingerprint density at radius 1 is 1.06 bits per heavy atom. The number of hydrogen-bond donors (Lipinski definition) is 2. The van der Waals surface area contributed by atoms with Crippen LogP contribution in [-0.2, 0) is 4.79 Å². The number of amides is 1. The molecule has 1 saturated heterocycles. The monoisotopic (exact) mass is 246 g/mol. The highest BCUT2D eigenvalue weighted by Gasteiger charge is 2.23. The summed E-state index contributed by atoms with van der Waals surface area (Å²) in [6, 6.07) is 0.383. The fourth-order valence-electron chi connectivity index (χ4n) is 2.66. The first-order valence-electron chi connectivity index (χ1n) is 6.37. The highest BCUT2D eigenvalue weighted by molar-refractivity contribution is 5.85. The maximum absolute atomic E-state index is 11.9. The summed E-state index contributed by atoms with van der Waals surface area (Å²) in [5.41, 5.74) is 0. The van der Waals surface area contributed by atoms with Crippen LogP contribution in [0.25, 0.3) is 0 Å². The zero-order valence-electron chi connectivity index (χ0n) is 9.84. The molecule has 1 unspecified atom stereocenters. The van der Waals surface area contributed by atoms with E-state index in [0.29, 0.717) is 17.9 Å². The average Bonchev–Trinajstić information content (AvgIpc) is 2.31. The van der Waals surface area contributed by atoms with Gasteiger partial charge in [-0.05, 0) is 32.2 Å². The van der Waals surface area contributed by atoms with Gasteiger partial charge in [-0.3, -0.25) is 4.79 Å². The molecule has 2 aliphatic rings. The normalized spacial score (nSPS) is 26.9. The van der Waals surface area contributed by atoms with Crippen molar-refractivity contribution in [1.29, 1.82) is 0 Å². The van der Waals surface area contributed by atoms with E-state index in [1.165, 1.54) is 25.7 Å². The van der Waals surface area contributed by atoms with Crippen molar-refractivity contribution in [3.05, 3.63) is 0 Å². The number of carbonyl (C=O) groups excluding carboxylic acids is 1. The lowest BCUT2D eigenvalue weighted by Gasteiger charge is -2.27. The van der Waals surface area contributed by atoms with E-state index in [2.05, 4.69) is 10.6 Å². The molecule has 0 aromatic rings. The fraction of sp³-hybridized carbons (Fsp3) is 0.917. The topological polar surface area (TPSA) is 41.1 Å². The van der Waals surface area contributed by atoms with Crippen LogP contribution in [0.3, 0.4) is 0 Å². The van der Waals surface area contributed by atoms with Crippen molar-refractivity contribution in [3.8, 4) is 0 Å². The van der Waals surface area contributed by atoms with E-state index in [-0.39, 0.29) is 12.4 Å². The zero-order valence-corrected chi connectivity index (χ0v) is 10.7. The highest BCUT2D eigenvalue weighted by Crippen LogP contribution is 2.23. The molecule has 3 nitrogen and oxygen atoms in total. The Hall–Kier alpha value is -0.280. The molecule has 0 aromatic carbocycles. The number of halogens is 1. The molecule has 0 radical (unpaired) electrons. The maximum Gasteiger partial charge on any atom is 0.223 e. The largest absolute Gasteiger partial charge is 0.352 e. The van der Waals surface area contributed by atoms with E-state index in [1.54, 1.807) is 0 Å². The highest BCUT2D eigenvalue weighted by atomic mass is 35.5. The van der Waals surface area contributed by atoms with Crippen LogP contribution in [0.2, 0.25) is 0 Å². The number of nitrogens with one attached hydrogen (secondary N) is 2. The molecule has 1 aliphatic carbocycles. The summed E-state index contributed by atoms with van der Waals surface area (Å²) in [6.45, 7) is 2.06. The number of carbonyl (C=O) groups is 1. The van der Waals surface area contributed by atoms with Crippen LogP contribution in [0.4, 0.5) is 0 Å². The third-order valence-corrected chi connectivity index (χ3v) is 3.62. The Balaban J connectivity index is 0.00000128. The molecular formula is C12H23ClN2O. The summed E-state index contributed by atoms with van der Waals surface area (Å²) in [6.07, 6.45) is 8.33. The Kier molecular flexibility index (Phi) is 6.14. The van der Waals surface area contributed by atoms with Crippen molar-refractivity contribution < 1.29 is 4.79 Å². The first-order valence-corrected chi connectivity index (χ1v) is 6.37. The minimum atomic E-state index is 0. The van der Waals surface area contributed by atoms with Crippen LogP contribution in [0.5, 0.6) is 0 Å². The molecule has 0 aromatic heterocycles. The molecule has 0 spiro atoms. The first kappa shape index (κ1) is 13.8. The summed E-state index contributed by atoms with van der Waals surface area (Å²) < 4.78 is 0. The van der Waals surface area contributed by atoms with Crippen LogP contribution in [0.1, 0.15) is 44.9 Å². The molecule has 4 heteroatoms. The maximum atomic E-state index is 11.9. The first-order chi connectivity index (χ1) is 7.36. The second-order valence-electron chi connectivity index (χ2n) is 4.89. The van der Waals surface area contributed by atoms with E-state index >= 15 is 0 Å². The quantitative estimate of drug-likeness (QED) is 0.781. The lowest BCUT2D eigenvalue weighted by atomic mass is 9.88. The molecule has 2 rings (SSSR count). The van der Waals surface area contributed by atoms with Gasteiger partial charge in [-0.2, -0.15) is 0 Å². The van der Waals surface area contributed by atoms with E-state index in [0.717, 1.165) is 32.4 Å². The van der Waals surface area contributed by atoms with Gasteiger partial charge in [-0.25, -0.2) is 0 Å². The van der Waals surface area contributed by atoms with Crippen molar-refractivity contribution in [2.24, 2.45) is 5.92 Å². The van der Waals surface area contributed by atoms with Crippen molar-refractivity contribution in [3.63, 3.8) is 0 Å². The molecule has 1 atom stereocenters. The Bertz CT molecular complexity index is 211.